The summed E-state index contributed by atoms with van der Waals surface area (Å²) in [5.74, 6) is 1.83. The Morgan fingerprint density at radius 3 is 1.23 bits per heavy atom. The van der Waals surface area contributed by atoms with Crippen molar-refractivity contribution in [3.05, 3.63) is 132 Å². The molecule has 31 heavy (non-hydrogen) atoms. The van der Waals surface area contributed by atoms with Crippen molar-refractivity contribution < 1.29 is 14.2 Å². The number of benzene rings is 4. The summed E-state index contributed by atoms with van der Waals surface area (Å²) in [6.07, 6.45) is 0. The molecule has 3 heteroatoms. The average Bonchev–Trinajstić information content (AvgIpc) is 2.82. The lowest BCUT2D eigenvalue weighted by Crippen LogP contribution is -2.04. The van der Waals surface area contributed by atoms with Gasteiger partial charge in [-0.1, -0.05) is 91.0 Å². The summed E-state index contributed by atoms with van der Waals surface area (Å²) in [6.45, 7) is 5.38. The molecule has 0 N–H and O–H groups in total. The first-order valence-corrected chi connectivity index (χ1v) is 10.3. The predicted molar refractivity (Wildman–Crippen MR) is 123 cm³/mol. The van der Waals surface area contributed by atoms with E-state index in [4.69, 9.17) is 14.2 Å². The second-order valence-corrected chi connectivity index (χ2v) is 7.24. The van der Waals surface area contributed by atoms with Crippen molar-refractivity contribution in [2.75, 3.05) is 0 Å². The first kappa shape index (κ1) is 20.5. The highest BCUT2D eigenvalue weighted by Gasteiger charge is 2.15. The van der Waals surface area contributed by atoms with E-state index in [0.29, 0.717) is 37.1 Å². The van der Waals surface area contributed by atoms with Crippen molar-refractivity contribution in [3.63, 3.8) is 0 Å². The fraction of sp³-hybridized carbons (Fsp3) is 0.107. The SMILES string of the molecule is [CH2]c1cc(OCc2ccccc2)c(OCc2ccccc2)c(OCc2ccccc2)c1. The van der Waals surface area contributed by atoms with Gasteiger partial charge in [0.25, 0.3) is 0 Å². The molecule has 4 aromatic rings. The van der Waals surface area contributed by atoms with Crippen LogP contribution in [0.5, 0.6) is 17.2 Å². The van der Waals surface area contributed by atoms with Crippen molar-refractivity contribution in [2.24, 2.45) is 0 Å². The van der Waals surface area contributed by atoms with Crippen LogP contribution in [0, 0.1) is 6.92 Å². The molecule has 0 aliphatic heterocycles. The molecule has 0 aliphatic rings. The van der Waals surface area contributed by atoms with Gasteiger partial charge in [0.05, 0.1) is 0 Å². The number of ether oxygens (including phenoxy) is 3. The van der Waals surface area contributed by atoms with Crippen LogP contribution in [0.2, 0.25) is 0 Å². The number of hydrogen-bond acceptors (Lipinski definition) is 3. The van der Waals surface area contributed by atoms with E-state index >= 15 is 0 Å². The van der Waals surface area contributed by atoms with Crippen LogP contribution in [0.15, 0.2) is 103 Å². The van der Waals surface area contributed by atoms with Gasteiger partial charge in [0, 0.05) is 0 Å². The van der Waals surface area contributed by atoms with Crippen LogP contribution in [0.25, 0.3) is 0 Å². The minimum absolute atomic E-state index is 0.417. The minimum atomic E-state index is 0.417. The highest BCUT2D eigenvalue weighted by atomic mass is 16.5. The van der Waals surface area contributed by atoms with E-state index in [0.717, 1.165) is 22.3 Å². The van der Waals surface area contributed by atoms with E-state index in [1.54, 1.807) is 0 Å². The van der Waals surface area contributed by atoms with E-state index in [1.807, 2.05) is 103 Å². The van der Waals surface area contributed by atoms with Crippen LogP contribution >= 0.6 is 0 Å². The fourth-order valence-corrected chi connectivity index (χ4v) is 3.19. The Hall–Kier alpha value is -3.72. The summed E-state index contributed by atoms with van der Waals surface area (Å²) < 4.78 is 18.5. The standard InChI is InChI=1S/C28H25O3/c1-22-17-26(29-19-23-11-5-2-6-12-23)28(31-21-25-15-9-4-10-16-25)27(18-22)30-20-24-13-7-3-8-14-24/h2-18H,1,19-21H2. The molecule has 0 spiro atoms. The predicted octanol–water partition coefficient (Wildman–Crippen LogP) is 6.61. The van der Waals surface area contributed by atoms with E-state index in [9.17, 15) is 0 Å². The molecule has 0 unspecified atom stereocenters. The lowest BCUT2D eigenvalue weighted by Gasteiger charge is -2.18. The van der Waals surface area contributed by atoms with E-state index in [1.165, 1.54) is 0 Å². The van der Waals surface area contributed by atoms with Gasteiger partial charge < -0.3 is 14.2 Å². The van der Waals surface area contributed by atoms with Gasteiger partial charge >= 0.3 is 0 Å². The quantitative estimate of drug-likeness (QED) is 0.311. The zero-order chi connectivity index (χ0) is 21.3. The van der Waals surface area contributed by atoms with Gasteiger partial charge in [-0.2, -0.15) is 0 Å². The number of rotatable bonds is 9. The highest BCUT2D eigenvalue weighted by Crippen LogP contribution is 2.40. The largest absolute Gasteiger partial charge is 0.485 e. The Kier molecular flexibility index (Phi) is 6.86. The summed E-state index contributed by atoms with van der Waals surface area (Å²) in [5.41, 5.74) is 4.04. The van der Waals surface area contributed by atoms with Gasteiger partial charge in [-0.25, -0.2) is 0 Å². The molecular weight excluding hydrogens is 384 g/mol. The van der Waals surface area contributed by atoms with Gasteiger partial charge in [-0.3, -0.25) is 0 Å². The molecule has 4 aromatic carbocycles. The lowest BCUT2D eigenvalue weighted by molar-refractivity contribution is 0.230. The monoisotopic (exact) mass is 409 g/mol. The zero-order valence-corrected chi connectivity index (χ0v) is 17.4. The molecule has 1 radical (unpaired) electrons. The van der Waals surface area contributed by atoms with Crippen LogP contribution in [0.1, 0.15) is 22.3 Å². The van der Waals surface area contributed by atoms with Crippen LogP contribution in [-0.4, -0.2) is 0 Å². The van der Waals surface area contributed by atoms with Crippen molar-refractivity contribution >= 4 is 0 Å². The van der Waals surface area contributed by atoms with Crippen molar-refractivity contribution in [1.82, 2.24) is 0 Å². The molecule has 0 aliphatic carbocycles. The van der Waals surface area contributed by atoms with E-state index < -0.39 is 0 Å². The van der Waals surface area contributed by atoms with Gasteiger partial charge in [0.15, 0.2) is 11.5 Å². The Morgan fingerprint density at radius 1 is 0.484 bits per heavy atom. The minimum Gasteiger partial charge on any atom is -0.485 e. The summed E-state index contributed by atoms with van der Waals surface area (Å²) in [6, 6.07) is 33.9. The summed E-state index contributed by atoms with van der Waals surface area (Å²) in [4.78, 5) is 0. The molecule has 0 amide bonds. The molecule has 3 nitrogen and oxygen atoms in total. The third-order valence-corrected chi connectivity index (χ3v) is 4.78. The first-order valence-electron chi connectivity index (χ1n) is 10.3. The van der Waals surface area contributed by atoms with Crippen LogP contribution < -0.4 is 14.2 Å². The molecule has 0 saturated heterocycles. The van der Waals surface area contributed by atoms with E-state index in [2.05, 4.69) is 6.92 Å². The molecule has 0 saturated carbocycles. The maximum atomic E-state index is 6.21. The summed E-state index contributed by atoms with van der Waals surface area (Å²) in [5, 5.41) is 0. The summed E-state index contributed by atoms with van der Waals surface area (Å²) in [7, 11) is 0. The first-order chi connectivity index (χ1) is 15.3. The maximum absolute atomic E-state index is 6.21. The summed E-state index contributed by atoms with van der Waals surface area (Å²) >= 11 is 0. The fourth-order valence-electron chi connectivity index (χ4n) is 3.19. The molecule has 0 fully saturated rings. The molecule has 4 rings (SSSR count). The smallest absolute Gasteiger partial charge is 0.203 e. The van der Waals surface area contributed by atoms with Crippen molar-refractivity contribution in [2.45, 2.75) is 19.8 Å². The highest BCUT2D eigenvalue weighted by molar-refractivity contribution is 5.54. The topological polar surface area (TPSA) is 27.7 Å². The van der Waals surface area contributed by atoms with Crippen LogP contribution in [0.4, 0.5) is 0 Å². The molecular formula is C28H25O3. The Bertz CT molecular complexity index is 1010. The molecule has 0 atom stereocenters. The second-order valence-electron chi connectivity index (χ2n) is 7.24. The maximum Gasteiger partial charge on any atom is 0.203 e. The van der Waals surface area contributed by atoms with E-state index in [-0.39, 0.29) is 0 Å². The molecule has 155 valence electrons. The number of hydrogen-bond donors (Lipinski definition) is 0. The van der Waals surface area contributed by atoms with Gasteiger partial charge in [-0.05, 0) is 41.3 Å². The van der Waals surface area contributed by atoms with Gasteiger partial charge in [-0.15, -0.1) is 0 Å². The van der Waals surface area contributed by atoms with Crippen LogP contribution in [-0.2, 0) is 19.8 Å². The normalized spacial score (nSPS) is 10.5. The molecule has 0 bridgehead atoms. The van der Waals surface area contributed by atoms with Crippen molar-refractivity contribution in [1.29, 1.82) is 0 Å². The molecule has 0 heterocycles. The molecule has 0 aromatic heterocycles. The third kappa shape index (κ3) is 5.89. The Morgan fingerprint density at radius 2 is 0.839 bits per heavy atom. The Balaban J connectivity index is 1.58. The van der Waals surface area contributed by atoms with Gasteiger partial charge in [0.1, 0.15) is 19.8 Å². The van der Waals surface area contributed by atoms with Crippen molar-refractivity contribution in [3.8, 4) is 17.2 Å². The van der Waals surface area contributed by atoms with Crippen LogP contribution in [0.3, 0.4) is 0 Å². The second kappa shape index (κ2) is 10.4. The lowest BCUT2D eigenvalue weighted by atomic mass is 10.2. The average molecular weight is 410 g/mol. The van der Waals surface area contributed by atoms with Gasteiger partial charge in [0.2, 0.25) is 5.75 Å². The zero-order valence-electron chi connectivity index (χ0n) is 17.4. The third-order valence-electron chi connectivity index (χ3n) is 4.78. The Labute approximate surface area is 183 Å².